The van der Waals surface area contributed by atoms with Gasteiger partial charge in [-0.2, -0.15) is 5.10 Å². The fraction of sp³-hybridized carbons (Fsp3) is 0.211. The van der Waals surface area contributed by atoms with E-state index in [-0.39, 0.29) is 13.2 Å². The maximum atomic E-state index is 11.8. The minimum absolute atomic E-state index is 0.172. The van der Waals surface area contributed by atoms with Crippen LogP contribution in [0.5, 0.6) is 11.5 Å². The smallest absolute Gasteiger partial charge is 0.344 e. The number of para-hydroxylation sites is 1. The fourth-order valence-corrected chi connectivity index (χ4v) is 2.35. The molecule has 0 spiro atoms. The van der Waals surface area contributed by atoms with Gasteiger partial charge in [0.1, 0.15) is 11.5 Å². The van der Waals surface area contributed by atoms with E-state index in [9.17, 15) is 9.59 Å². The lowest BCUT2D eigenvalue weighted by molar-refractivity contribution is -0.145. The molecule has 8 heteroatoms. The van der Waals surface area contributed by atoms with E-state index in [0.717, 1.165) is 4.47 Å². The predicted molar refractivity (Wildman–Crippen MR) is 104 cm³/mol. The van der Waals surface area contributed by atoms with Crippen molar-refractivity contribution in [3.8, 4) is 11.5 Å². The Morgan fingerprint density at radius 2 is 1.93 bits per heavy atom. The molecule has 0 aromatic heterocycles. The van der Waals surface area contributed by atoms with E-state index in [4.69, 9.17) is 14.2 Å². The second kappa shape index (κ2) is 11.0. The minimum atomic E-state index is -0.456. The molecule has 27 heavy (non-hydrogen) atoms. The summed E-state index contributed by atoms with van der Waals surface area (Å²) in [6.45, 7) is 1.64. The van der Waals surface area contributed by atoms with Crippen molar-refractivity contribution in [3.05, 3.63) is 58.6 Å². The molecule has 2 aromatic rings. The molecule has 0 radical (unpaired) electrons. The van der Waals surface area contributed by atoms with Crippen LogP contribution in [0, 0.1) is 0 Å². The molecule has 0 saturated carbocycles. The third-order valence-electron chi connectivity index (χ3n) is 3.13. The number of amides is 1. The normalized spacial score (nSPS) is 10.4. The third kappa shape index (κ3) is 7.49. The molecule has 0 aliphatic heterocycles. The van der Waals surface area contributed by atoms with Gasteiger partial charge >= 0.3 is 5.97 Å². The Balaban J connectivity index is 1.84. The highest BCUT2D eigenvalue weighted by molar-refractivity contribution is 9.10. The maximum absolute atomic E-state index is 11.8. The Morgan fingerprint density at radius 3 is 2.70 bits per heavy atom. The number of carbonyl (C=O) groups is 2. The number of nitrogens with one attached hydrogen (secondary N) is 1. The SMILES string of the molecule is CCOC(=O)COc1ccccc1C=NNC(=O)COc1cccc(Br)c1. The van der Waals surface area contributed by atoms with Crippen molar-refractivity contribution in [2.45, 2.75) is 6.92 Å². The first-order valence-electron chi connectivity index (χ1n) is 8.16. The monoisotopic (exact) mass is 434 g/mol. The predicted octanol–water partition coefficient (Wildman–Crippen LogP) is 2.92. The molecule has 2 rings (SSSR count). The van der Waals surface area contributed by atoms with Crippen molar-refractivity contribution in [1.82, 2.24) is 5.43 Å². The van der Waals surface area contributed by atoms with Crippen molar-refractivity contribution >= 4 is 34.0 Å². The zero-order valence-electron chi connectivity index (χ0n) is 14.7. The van der Waals surface area contributed by atoms with Gasteiger partial charge in [-0.3, -0.25) is 4.79 Å². The second-order valence-electron chi connectivity index (χ2n) is 5.17. The number of rotatable bonds is 9. The molecule has 0 atom stereocenters. The number of benzene rings is 2. The molecule has 0 fully saturated rings. The van der Waals surface area contributed by atoms with Crippen LogP contribution in [0.15, 0.2) is 58.1 Å². The van der Waals surface area contributed by atoms with Crippen LogP contribution in [0.3, 0.4) is 0 Å². The van der Waals surface area contributed by atoms with Crippen LogP contribution in [0.25, 0.3) is 0 Å². The molecular weight excluding hydrogens is 416 g/mol. The summed E-state index contributed by atoms with van der Waals surface area (Å²) >= 11 is 3.33. The van der Waals surface area contributed by atoms with Gasteiger partial charge in [0, 0.05) is 10.0 Å². The molecule has 7 nitrogen and oxygen atoms in total. The van der Waals surface area contributed by atoms with Crippen LogP contribution in [-0.2, 0) is 14.3 Å². The molecule has 0 aliphatic carbocycles. The number of hydrogen-bond acceptors (Lipinski definition) is 6. The van der Waals surface area contributed by atoms with Gasteiger partial charge < -0.3 is 14.2 Å². The van der Waals surface area contributed by atoms with Crippen molar-refractivity contribution in [3.63, 3.8) is 0 Å². The molecule has 0 saturated heterocycles. The summed E-state index contributed by atoms with van der Waals surface area (Å²) in [5.41, 5.74) is 2.98. The van der Waals surface area contributed by atoms with Crippen LogP contribution in [-0.4, -0.2) is 37.9 Å². The van der Waals surface area contributed by atoms with Crippen molar-refractivity contribution in [2.24, 2.45) is 5.10 Å². The number of hydrazone groups is 1. The summed E-state index contributed by atoms with van der Waals surface area (Å²) in [5, 5.41) is 3.89. The number of carbonyl (C=O) groups excluding carboxylic acids is 2. The molecule has 0 bridgehead atoms. The van der Waals surface area contributed by atoms with Gasteiger partial charge in [-0.25, -0.2) is 10.2 Å². The lowest BCUT2D eigenvalue weighted by atomic mass is 10.2. The number of nitrogens with zero attached hydrogens (tertiary/aromatic N) is 1. The zero-order valence-corrected chi connectivity index (χ0v) is 16.3. The second-order valence-corrected chi connectivity index (χ2v) is 6.09. The largest absolute Gasteiger partial charge is 0.484 e. The Labute approximate surface area is 165 Å². The molecule has 0 heterocycles. The lowest BCUT2D eigenvalue weighted by Gasteiger charge is -2.08. The Hall–Kier alpha value is -2.87. The standard InChI is InChI=1S/C19H19BrN2O5/c1-2-25-19(24)13-27-17-9-4-3-6-14(17)11-21-22-18(23)12-26-16-8-5-7-15(20)10-16/h3-11H,2,12-13H2,1H3,(H,22,23). The van der Waals surface area contributed by atoms with Gasteiger partial charge in [0.25, 0.3) is 5.91 Å². The summed E-state index contributed by atoms with van der Waals surface area (Å²) in [6.07, 6.45) is 1.43. The van der Waals surface area contributed by atoms with Gasteiger partial charge in [0.2, 0.25) is 0 Å². The van der Waals surface area contributed by atoms with Gasteiger partial charge in [-0.15, -0.1) is 0 Å². The molecular formula is C19H19BrN2O5. The minimum Gasteiger partial charge on any atom is -0.484 e. The Bertz CT molecular complexity index is 810. The highest BCUT2D eigenvalue weighted by Gasteiger charge is 2.06. The molecule has 142 valence electrons. The maximum Gasteiger partial charge on any atom is 0.344 e. The Morgan fingerprint density at radius 1 is 1.11 bits per heavy atom. The first-order valence-corrected chi connectivity index (χ1v) is 8.95. The zero-order chi connectivity index (χ0) is 19.5. The lowest BCUT2D eigenvalue weighted by Crippen LogP contribution is -2.24. The van der Waals surface area contributed by atoms with Crippen molar-refractivity contribution in [1.29, 1.82) is 0 Å². The van der Waals surface area contributed by atoms with Gasteiger partial charge in [-0.05, 0) is 37.3 Å². The highest BCUT2D eigenvalue weighted by Crippen LogP contribution is 2.17. The summed E-state index contributed by atoms with van der Waals surface area (Å²) < 4.78 is 16.5. The van der Waals surface area contributed by atoms with Crippen molar-refractivity contribution < 1.29 is 23.8 Å². The number of halogens is 1. The van der Waals surface area contributed by atoms with Gasteiger partial charge in [-0.1, -0.05) is 34.1 Å². The summed E-state index contributed by atoms with van der Waals surface area (Å²) in [4.78, 5) is 23.2. The van der Waals surface area contributed by atoms with Crippen LogP contribution in [0.1, 0.15) is 12.5 Å². The number of ether oxygens (including phenoxy) is 3. The van der Waals surface area contributed by atoms with Crippen LogP contribution in [0.2, 0.25) is 0 Å². The molecule has 1 amide bonds. The molecule has 0 aliphatic rings. The van der Waals surface area contributed by atoms with Crippen molar-refractivity contribution in [2.75, 3.05) is 19.8 Å². The van der Waals surface area contributed by atoms with E-state index in [2.05, 4.69) is 26.5 Å². The fourth-order valence-electron chi connectivity index (χ4n) is 1.97. The number of esters is 1. The van der Waals surface area contributed by atoms with Crippen LogP contribution >= 0.6 is 15.9 Å². The summed E-state index contributed by atoms with van der Waals surface area (Å²) in [6, 6.07) is 14.2. The Kier molecular flexibility index (Phi) is 8.31. The first-order chi connectivity index (χ1) is 13.1. The van der Waals surface area contributed by atoms with Crippen LogP contribution < -0.4 is 14.9 Å². The number of hydrogen-bond donors (Lipinski definition) is 1. The summed E-state index contributed by atoms with van der Waals surface area (Å²) in [7, 11) is 0. The molecule has 0 unspecified atom stereocenters. The van der Waals surface area contributed by atoms with E-state index < -0.39 is 11.9 Å². The summed E-state index contributed by atoms with van der Waals surface area (Å²) in [5.74, 6) is 0.161. The van der Waals surface area contributed by atoms with Crippen LogP contribution in [0.4, 0.5) is 0 Å². The highest BCUT2D eigenvalue weighted by atomic mass is 79.9. The van der Waals surface area contributed by atoms with E-state index in [0.29, 0.717) is 23.7 Å². The average molecular weight is 435 g/mol. The van der Waals surface area contributed by atoms with E-state index in [1.807, 2.05) is 12.1 Å². The van der Waals surface area contributed by atoms with Gasteiger partial charge in [0.05, 0.1) is 12.8 Å². The van der Waals surface area contributed by atoms with Gasteiger partial charge in [0.15, 0.2) is 13.2 Å². The topological polar surface area (TPSA) is 86.2 Å². The first kappa shape index (κ1) is 20.4. The van der Waals surface area contributed by atoms with E-state index in [1.54, 1.807) is 43.3 Å². The average Bonchev–Trinajstić information content (AvgIpc) is 2.66. The van der Waals surface area contributed by atoms with E-state index in [1.165, 1.54) is 6.21 Å². The quantitative estimate of drug-likeness (QED) is 0.372. The molecule has 2 aromatic carbocycles. The molecule has 1 N–H and O–H groups in total. The van der Waals surface area contributed by atoms with E-state index >= 15 is 0 Å². The third-order valence-corrected chi connectivity index (χ3v) is 3.62.